The number of carbonyl (C=O) groups is 3. The summed E-state index contributed by atoms with van der Waals surface area (Å²) in [7, 11) is 0. The van der Waals surface area contributed by atoms with Crippen molar-refractivity contribution in [2.75, 3.05) is 11.4 Å². The Labute approximate surface area is 133 Å². The molecule has 7 nitrogen and oxygen atoms in total. The van der Waals surface area contributed by atoms with Gasteiger partial charge in [0.25, 0.3) is 5.91 Å². The van der Waals surface area contributed by atoms with Crippen LogP contribution in [0.2, 0.25) is 0 Å². The van der Waals surface area contributed by atoms with Crippen LogP contribution in [0.3, 0.4) is 0 Å². The lowest BCUT2D eigenvalue weighted by molar-refractivity contribution is -0.142. The van der Waals surface area contributed by atoms with Gasteiger partial charge in [0.1, 0.15) is 18.3 Å². The Morgan fingerprint density at radius 2 is 2.09 bits per heavy atom. The lowest BCUT2D eigenvalue weighted by Gasteiger charge is -2.32. The number of nitrogens with zero attached hydrogens (tertiary/aromatic N) is 1. The third-order valence-electron chi connectivity index (χ3n) is 4.05. The van der Waals surface area contributed by atoms with Crippen LogP contribution in [0.1, 0.15) is 19.8 Å². The number of hydrogen-bond acceptors (Lipinski definition) is 4. The van der Waals surface area contributed by atoms with Crippen molar-refractivity contribution in [3.8, 4) is 5.75 Å². The van der Waals surface area contributed by atoms with E-state index in [0.29, 0.717) is 11.4 Å². The summed E-state index contributed by atoms with van der Waals surface area (Å²) in [5.41, 5.74) is 0.518. The second kappa shape index (κ2) is 5.91. The van der Waals surface area contributed by atoms with Crippen molar-refractivity contribution in [2.45, 2.75) is 31.9 Å². The number of fused-ring (bicyclic) bond motifs is 1. The molecule has 7 heteroatoms. The third kappa shape index (κ3) is 3.13. The second-order valence-corrected chi connectivity index (χ2v) is 5.87. The molecule has 1 fully saturated rings. The Morgan fingerprint density at radius 1 is 1.39 bits per heavy atom. The average molecular weight is 318 g/mol. The standard InChI is InChI=1S/C16H18N2O5/c1-9-15(20)18(11-4-2-3-5-12(11)23-9)8-13(19)17-14(16(21)22)10-6-7-10/h2-5,9-10,14H,6-8H2,1H3,(H,17,19)(H,21,22). The Balaban J connectivity index is 1.74. The number of benzene rings is 1. The van der Waals surface area contributed by atoms with Gasteiger partial charge in [0, 0.05) is 0 Å². The van der Waals surface area contributed by atoms with E-state index in [1.54, 1.807) is 31.2 Å². The van der Waals surface area contributed by atoms with Crippen molar-refractivity contribution in [3.05, 3.63) is 24.3 Å². The fraction of sp³-hybridized carbons (Fsp3) is 0.438. The van der Waals surface area contributed by atoms with Crippen molar-refractivity contribution < 1.29 is 24.2 Å². The van der Waals surface area contributed by atoms with E-state index in [1.165, 1.54) is 4.90 Å². The molecular formula is C16H18N2O5. The fourth-order valence-electron chi connectivity index (χ4n) is 2.70. The van der Waals surface area contributed by atoms with Crippen LogP contribution in [0, 0.1) is 5.92 Å². The van der Waals surface area contributed by atoms with Crippen LogP contribution < -0.4 is 15.0 Å². The smallest absolute Gasteiger partial charge is 0.326 e. The first kappa shape index (κ1) is 15.3. The minimum Gasteiger partial charge on any atom is -0.480 e. The molecule has 2 atom stereocenters. The van der Waals surface area contributed by atoms with Gasteiger partial charge in [-0.3, -0.25) is 14.5 Å². The highest BCUT2D eigenvalue weighted by Gasteiger charge is 2.38. The van der Waals surface area contributed by atoms with E-state index in [1.807, 2.05) is 0 Å². The highest BCUT2D eigenvalue weighted by atomic mass is 16.5. The SMILES string of the molecule is CC1Oc2ccccc2N(CC(=O)NC(C(=O)O)C2CC2)C1=O. The Kier molecular flexibility index (Phi) is 3.94. The predicted molar refractivity (Wildman–Crippen MR) is 81.2 cm³/mol. The van der Waals surface area contributed by atoms with E-state index in [9.17, 15) is 19.5 Å². The van der Waals surface area contributed by atoms with Gasteiger partial charge >= 0.3 is 5.97 Å². The molecule has 2 amide bonds. The highest BCUT2D eigenvalue weighted by Crippen LogP contribution is 2.34. The molecule has 0 bridgehead atoms. The number of aliphatic carboxylic acids is 1. The summed E-state index contributed by atoms with van der Waals surface area (Å²) in [6.45, 7) is 1.40. The topological polar surface area (TPSA) is 95.9 Å². The van der Waals surface area contributed by atoms with Crippen LogP contribution in [0.5, 0.6) is 5.75 Å². The zero-order chi connectivity index (χ0) is 16.6. The van der Waals surface area contributed by atoms with Crippen LogP contribution in [-0.4, -0.2) is 41.6 Å². The average Bonchev–Trinajstić information content (AvgIpc) is 3.33. The van der Waals surface area contributed by atoms with Gasteiger partial charge < -0.3 is 15.2 Å². The normalized spacial score (nSPS) is 21.2. The first-order valence-corrected chi connectivity index (χ1v) is 7.56. The highest BCUT2D eigenvalue weighted by molar-refractivity contribution is 6.04. The maximum atomic E-state index is 12.3. The zero-order valence-corrected chi connectivity index (χ0v) is 12.7. The Bertz CT molecular complexity index is 656. The van der Waals surface area contributed by atoms with Gasteiger partial charge in [-0.1, -0.05) is 12.1 Å². The third-order valence-corrected chi connectivity index (χ3v) is 4.05. The molecule has 0 radical (unpaired) electrons. The first-order chi connectivity index (χ1) is 11.0. The number of carbonyl (C=O) groups excluding carboxylic acids is 2. The number of ether oxygens (including phenoxy) is 1. The van der Waals surface area contributed by atoms with Crippen LogP contribution in [0.25, 0.3) is 0 Å². The van der Waals surface area contributed by atoms with Crippen molar-refractivity contribution in [1.29, 1.82) is 0 Å². The molecule has 1 heterocycles. The molecule has 3 rings (SSSR count). The Morgan fingerprint density at radius 3 is 2.74 bits per heavy atom. The molecule has 122 valence electrons. The van der Waals surface area contributed by atoms with E-state index in [0.717, 1.165) is 12.8 Å². The second-order valence-electron chi connectivity index (χ2n) is 5.87. The minimum atomic E-state index is -1.04. The van der Waals surface area contributed by atoms with Crippen molar-refractivity contribution in [2.24, 2.45) is 5.92 Å². The maximum Gasteiger partial charge on any atom is 0.326 e. The molecule has 1 aliphatic carbocycles. The number of rotatable bonds is 5. The molecule has 0 spiro atoms. The largest absolute Gasteiger partial charge is 0.480 e. The number of anilines is 1. The van der Waals surface area contributed by atoms with E-state index >= 15 is 0 Å². The monoisotopic (exact) mass is 318 g/mol. The minimum absolute atomic E-state index is 0.0111. The summed E-state index contributed by atoms with van der Waals surface area (Å²) in [6, 6.07) is 6.08. The predicted octanol–water partition coefficient (Wildman–Crippen LogP) is 0.780. The number of nitrogens with one attached hydrogen (secondary N) is 1. The number of carboxylic acid groups (broad SMARTS) is 1. The number of para-hydroxylation sites is 2. The van der Waals surface area contributed by atoms with Crippen molar-refractivity contribution >= 4 is 23.5 Å². The molecule has 2 aliphatic rings. The number of carboxylic acids is 1. The van der Waals surface area contributed by atoms with Gasteiger partial charge in [-0.15, -0.1) is 0 Å². The molecule has 1 aliphatic heterocycles. The van der Waals surface area contributed by atoms with Gasteiger partial charge in [0.15, 0.2) is 6.10 Å². The molecule has 23 heavy (non-hydrogen) atoms. The summed E-state index contributed by atoms with van der Waals surface area (Å²) in [4.78, 5) is 37.1. The molecule has 2 N–H and O–H groups in total. The van der Waals surface area contributed by atoms with Crippen molar-refractivity contribution in [3.63, 3.8) is 0 Å². The molecule has 0 aromatic heterocycles. The van der Waals surface area contributed by atoms with Crippen LogP contribution in [0.4, 0.5) is 5.69 Å². The van der Waals surface area contributed by atoms with Gasteiger partial charge in [0.2, 0.25) is 5.91 Å². The Hall–Kier alpha value is -2.57. The van der Waals surface area contributed by atoms with E-state index in [4.69, 9.17) is 4.74 Å². The van der Waals surface area contributed by atoms with E-state index in [2.05, 4.69) is 5.32 Å². The fourth-order valence-corrected chi connectivity index (χ4v) is 2.70. The van der Waals surface area contributed by atoms with Gasteiger partial charge in [0.05, 0.1) is 5.69 Å². The zero-order valence-electron chi connectivity index (χ0n) is 12.7. The van der Waals surface area contributed by atoms with Crippen LogP contribution in [0.15, 0.2) is 24.3 Å². The number of amides is 2. The summed E-state index contributed by atoms with van der Waals surface area (Å²) >= 11 is 0. The summed E-state index contributed by atoms with van der Waals surface area (Å²) in [5, 5.41) is 11.7. The summed E-state index contributed by atoms with van der Waals surface area (Å²) in [5.74, 6) is -1.32. The maximum absolute atomic E-state index is 12.3. The molecule has 1 aromatic carbocycles. The van der Waals surface area contributed by atoms with Gasteiger partial charge in [-0.05, 0) is 37.8 Å². The molecule has 1 aromatic rings. The molecule has 1 saturated carbocycles. The quantitative estimate of drug-likeness (QED) is 0.836. The number of hydrogen-bond donors (Lipinski definition) is 2. The van der Waals surface area contributed by atoms with Crippen LogP contribution >= 0.6 is 0 Å². The van der Waals surface area contributed by atoms with Gasteiger partial charge in [-0.2, -0.15) is 0 Å². The molecule has 2 unspecified atom stereocenters. The molecular weight excluding hydrogens is 300 g/mol. The van der Waals surface area contributed by atoms with E-state index < -0.39 is 24.0 Å². The van der Waals surface area contributed by atoms with Gasteiger partial charge in [-0.25, -0.2) is 4.79 Å². The van der Waals surface area contributed by atoms with Crippen LogP contribution in [-0.2, 0) is 14.4 Å². The van der Waals surface area contributed by atoms with E-state index in [-0.39, 0.29) is 18.4 Å². The lowest BCUT2D eigenvalue weighted by atomic mass is 10.1. The van der Waals surface area contributed by atoms with Crippen molar-refractivity contribution in [1.82, 2.24) is 5.32 Å². The first-order valence-electron chi connectivity index (χ1n) is 7.56. The summed E-state index contributed by atoms with van der Waals surface area (Å²) in [6.07, 6.45) is 0.915. The molecule has 0 saturated heterocycles. The summed E-state index contributed by atoms with van der Waals surface area (Å²) < 4.78 is 5.51. The lowest BCUT2D eigenvalue weighted by Crippen LogP contribution is -2.51.